The maximum atomic E-state index is 12.3. The maximum Gasteiger partial charge on any atom is 0.348 e. The first-order chi connectivity index (χ1) is 12.6. The molecule has 0 bridgehead atoms. The summed E-state index contributed by atoms with van der Waals surface area (Å²) < 4.78 is 1.58. The van der Waals surface area contributed by atoms with E-state index < -0.39 is 0 Å². The van der Waals surface area contributed by atoms with E-state index in [-0.39, 0.29) is 30.5 Å². The summed E-state index contributed by atoms with van der Waals surface area (Å²) in [4.78, 5) is 28.8. The molecule has 1 aromatic heterocycles. The minimum Gasteiger partial charge on any atom is -0.395 e. The number of aryl methyl sites for hydroxylation is 1. The zero-order valence-electron chi connectivity index (χ0n) is 14.8. The van der Waals surface area contributed by atoms with E-state index in [1.807, 2.05) is 31.2 Å². The van der Waals surface area contributed by atoms with Crippen LogP contribution in [0.2, 0.25) is 0 Å². The van der Waals surface area contributed by atoms with Crippen molar-refractivity contribution in [2.75, 3.05) is 17.7 Å². The van der Waals surface area contributed by atoms with Crippen molar-refractivity contribution in [3.05, 3.63) is 51.6 Å². The molecular weight excluding hydrogens is 350 g/mol. The molecule has 2 aromatic rings. The summed E-state index contributed by atoms with van der Waals surface area (Å²) >= 11 is 1.31. The average Bonchev–Trinajstić information content (AvgIpc) is 2.64. The predicted octanol–water partition coefficient (Wildman–Crippen LogP) is 2.15. The molecule has 0 aliphatic heterocycles. The standard InChI is InChI=1S/C19H23N3O3S/c1-13-6-2-4-8-15(13)20-17(24)12-26-18-14-7-3-5-9-16(14)22(10-11-23)19(25)21-18/h2,4,6,8,23H,3,5,7,9-12H2,1H3,(H,20,24). The summed E-state index contributed by atoms with van der Waals surface area (Å²) in [6.45, 7) is 2.13. The van der Waals surface area contributed by atoms with Gasteiger partial charge in [-0.2, -0.15) is 4.98 Å². The van der Waals surface area contributed by atoms with Gasteiger partial charge >= 0.3 is 5.69 Å². The van der Waals surface area contributed by atoms with Crippen molar-refractivity contribution in [1.29, 1.82) is 0 Å². The Morgan fingerprint density at radius 3 is 2.85 bits per heavy atom. The second-order valence-electron chi connectivity index (χ2n) is 6.36. The Balaban J connectivity index is 1.76. The number of nitrogens with zero attached hydrogens (tertiary/aromatic N) is 2. The highest BCUT2D eigenvalue weighted by atomic mass is 32.2. The molecular formula is C19H23N3O3S. The van der Waals surface area contributed by atoms with Crippen molar-refractivity contribution < 1.29 is 9.90 Å². The van der Waals surface area contributed by atoms with Crippen molar-refractivity contribution in [1.82, 2.24) is 9.55 Å². The van der Waals surface area contributed by atoms with Crippen LogP contribution in [0.1, 0.15) is 29.7 Å². The highest BCUT2D eigenvalue weighted by molar-refractivity contribution is 8.00. The fourth-order valence-electron chi connectivity index (χ4n) is 3.23. The van der Waals surface area contributed by atoms with Crippen LogP contribution in [-0.2, 0) is 24.2 Å². The monoisotopic (exact) mass is 373 g/mol. The third-order valence-corrected chi connectivity index (χ3v) is 5.55. The number of hydrogen-bond donors (Lipinski definition) is 2. The van der Waals surface area contributed by atoms with Gasteiger partial charge in [0.15, 0.2) is 0 Å². The third kappa shape index (κ3) is 4.16. The Morgan fingerprint density at radius 1 is 1.31 bits per heavy atom. The minimum absolute atomic E-state index is 0.0840. The first kappa shape index (κ1) is 18.7. The zero-order valence-corrected chi connectivity index (χ0v) is 15.6. The Hall–Kier alpha value is -2.12. The van der Waals surface area contributed by atoms with Crippen LogP contribution in [0.3, 0.4) is 0 Å². The van der Waals surface area contributed by atoms with Crippen molar-refractivity contribution in [2.24, 2.45) is 0 Å². The number of carbonyl (C=O) groups is 1. The van der Waals surface area contributed by atoms with Crippen LogP contribution in [-0.4, -0.2) is 32.9 Å². The molecule has 1 aromatic carbocycles. The number of benzene rings is 1. The van der Waals surface area contributed by atoms with E-state index in [1.54, 1.807) is 4.57 Å². The van der Waals surface area contributed by atoms with Gasteiger partial charge in [0.05, 0.1) is 18.9 Å². The number of carbonyl (C=O) groups excluding carboxylic acids is 1. The summed E-state index contributed by atoms with van der Waals surface area (Å²) in [5, 5.41) is 12.8. The summed E-state index contributed by atoms with van der Waals surface area (Å²) in [5.41, 5.74) is 3.48. The van der Waals surface area contributed by atoms with Crippen molar-refractivity contribution in [3.63, 3.8) is 0 Å². The van der Waals surface area contributed by atoms with Gasteiger partial charge in [-0.15, -0.1) is 0 Å². The Kier molecular flexibility index (Phi) is 6.11. The number of aliphatic hydroxyl groups excluding tert-OH is 1. The Bertz CT molecular complexity index is 864. The number of fused-ring (bicyclic) bond motifs is 1. The predicted molar refractivity (Wildman–Crippen MR) is 103 cm³/mol. The van der Waals surface area contributed by atoms with Crippen molar-refractivity contribution in [2.45, 2.75) is 44.2 Å². The number of rotatable bonds is 6. The molecule has 1 amide bonds. The molecule has 138 valence electrons. The summed E-state index contributed by atoms with van der Waals surface area (Å²) in [6, 6.07) is 7.63. The molecule has 0 unspecified atom stereocenters. The van der Waals surface area contributed by atoms with Crippen LogP contribution in [0.5, 0.6) is 0 Å². The normalized spacial score (nSPS) is 13.3. The molecule has 26 heavy (non-hydrogen) atoms. The molecule has 1 aliphatic rings. The van der Waals surface area contributed by atoms with Gasteiger partial charge in [0.1, 0.15) is 5.03 Å². The zero-order chi connectivity index (χ0) is 18.5. The van der Waals surface area contributed by atoms with Crippen molar-refractivity contribution in [3.8, 4) is 0 Å². The van der Waals surface area contributed by atoms with Crippen LogP contribution in [0.4, 0.5) is 5.69 Å². The molecule has 0 saturated carbocycles. The molecule has 3 rings (SSSR count). The second-order valence-corrected chi connectivity index (χ2v) is 7.32. The lowest BCUT2D eigenvalue weighted by molar-refractivity contribution is -0.113. The summed E-state index contributed by atoms with van der Waals surface area (Å²) in [5.74, 6) is 0.0900. The van der Waals surface area contributed by atoms with E-state index in [4.69, 9.17) is 0 Å². The van der Waals surface area contributed by atoms with Gasteiger partial charge in [0.25, 0.3) is 0 Å². The average molecular weight is 373 g/mol. The lowest BCUT2D eigenvalue weighted by Gasteiger charge is -2.22. The minimum atomic E-state index is -0.346. The fourth-order valence-corrected chi connectivity index (χ4v) is 4.11. The van der Waals surface area contributed by atoms with Gasteiger partial charge in [-0.1, -0.05) is 30.0 Å². The van der Waals surface area contributed by atoms with E-state index in [0.29, 0.717) is 5.03 Å². The van der Waals surface area contributed by atoms with Crippen LogP contribution < -0.4 is 11.0 Å². The number of hydrogen-bond acceptors (Lipinski definition) is 5. The number of aliphatic hydroxyl groups is 1. The number of thioether (sulfide) groups is 1. The van der Waals surface area contributed by atoms with E-state index in [0.717, 1.165) is 48.2 Å². The van der Waals surface area contributed by atoms with Crippen LogP contribution in [0.25, 0.3) is 0 Å². The number of para-hydroxylation sites is 1. The fraction of sp³-hybridized carbons (Fsp3) is 0.421. The number of nitrogens with one attached hydrogen (secondary N) is 1. The van der Waals surface area contributed by atoms with Gasteiger partial charge in [0, 0.05) is 16.9 Å². The first-order valence-electron chi connectivity index (χ1n) is 8.82. The number of anilines is 1. The number of amides is 1. The smallest absolute Gasteiger partial charge is 0.348 e. The molecule has 0 atom stereocenters. The van der Waals surface area contributed by atoms with Crippen molar-refractivity contribution >= 4 is 23.4 Å². The third-order valence-electron chi connectivity index (χ3n) is 4.53. The maximum absolute atomic E-state index is 12.3. The Morgan fingerprint density at radius 2 is 2.08 bits per heavy atom. The number of aromatic nitrogens is 2. The molecule has 0 radical (unpaired) electrons. The molecule has 1 aliphatic carbocycles. The van der Waals surface area contributed by atoms with Gasteiger partial charge in [-0.3, -0.25) is 9.36 Å². The van der Waals surface area contributed by atoms with Gasteiger partial charge in [-0.05, 0) is 44.2 Å². The molecule has 7 heteroatoms. The quantitative estimate of drug-likeness (QED) is 0.599. The van der Waals surface area contributed by atoms with E-state index in [2.05, 4.69) is 10.3 Å². The summed E-state index contributed by atoms with van der Waals surface area (Å²) in [7, 11) is 0. The highest BCUT2D eigenvalue weighted by Crippen LogP contribution is 2.28. The molecule has 6 nitrogen and oxygen atoms in total. The van der Waals surface area contributed by atoms with Crippen LogP contribution >= 0.6 is 11.8 Å². The van der Waals surface area contributed by atoms with E-state index >= 15 is 0 Å². The van der Waals surface area contributed by atoms with Gasteiger partial charge in [-0.25, -0.2) is 4.79 Å². The van der Waals surface area contributed by atoms with E-state index in [9.17, 15) is 14.7 Å². The molecule has 0 saturated heterocycles. The second kappa shape index (κ2) is 8.51. The topological polar surface area (TPSA) is 84.2 Å². The molecule has 2 N–H and O–H groups in total. The van der Waals surface area contributed by atoms with Crippen LogP contribution in [0, 0.1) is 6.92 Å². The largest absolute Gasteiger partial charge is 0.395 e. The lowest BCUT2D eigenvalue weighted by atomic mass is 9.97. The lowest BCUT2D eigenvalue weighted by Crippen LogP contribution is -2.31. The van der Waals surface area contributed by atoms with E-state index in [1.165, 1.54) is 11.8 Å². The highest BCUT2D eigenvalue weighted by Gasteiger charge is 2.21. The van der Waals surface area contributed by atoms with Crippen LogP contribution in [0.15, 0.2) is 34.1 Å². The van der Waals surface area contributed by atoms with Gasteiger partial charge in [0.2, 0.25) is 5.91 Å². The molecule has 0 fully saturated rings. The Labute approximate surface area is 156 Å². The first-order valence-corrected chi connectivity index (χ1v) is 9.80. The summed E-state index contributed by atoms with van der Waals surface area (Å²) in [6.07, 6.45) is 3.75. The molecule has 0 spiro atoms. The SMILES string of the molecule is Cc1ccccc1NC(=O)CSc1nc(=O)n(CCO)c2c1CCCC2. The molecule has 1 heterocycles. The van der Waals surface area contributed by atoms with Gasteiger partial charge < -0.3 is 10.4 Å².